The van der Waals surface area contributed by atoms with Crippen LogP contribution in [0, 0.1) is 0 Å². The maximum Gasteiger partial charge on any atom is 0.508 e. The molecule has 7 nitrogen and oxygen atoms in total. The number of hydrogen-bond donors (Lipinski definition) is 1. The monoisotopic (exact) mass is 375 g/mol. The van der Waals surface area contributed by atoms with Crippen LogP contribution in [-0.4, -0.2) is 42.9 Å². The summed E-state index contributed by atoms with van der Waals surface area (Å²) < 4.78 is 15.5. The van der Waals surface area contributed by atoms with Gasteiger partial charge in [0.1, 0.15) is 6.10 Å². The molecule has 0 saturated carbocycles. The molecule has 0 radical (unpaired) electrons. The molecule has 1 aliphatic carbocycles. The zero-order chi connectivity index (χ0) is 19.9. The molecule has 7 heteroatoms. The maximum absolute atomic E-state index is 12.8. The lowest BCUT2D eigenvalue weighted by atomic mass is 9.79. The highest BCUT2D eigenvalue weighted by Crippen LogP contribution is 2.32. The molecule has 0 fully saturated rings. The summed E-state index contributed by atoms with van der Waals surface area (Å²) in [5.74, 6) is -1.10. The third-order valence-corrected chi connectivity index (χ3v) is 4.34. The highest BCUT2D eigenvalue weighted by molar-refractivity contribution is 5.98. The number of rotatable bonds is 6. The third kappa shape index (κ3) is 4.87. The van der Waals surface area contributed by atoms with Gasteiger partial charge in [0.25, 0.3) is 5.91 Å². The van der Waals surface area contributed by atoms with Crippen molar-refractivity contribution in [2.75, 3.05) is 13.2 Å². The fourth-order valence-electron chi connectivity index (χ4n) is 2.95. The minimum absolute atomic E-state index is 0.136. The zero-order valence-electron chi connectivity index (χ0n) is 15.8. The van der Waals surface area contributed by atoms with Gasteiger partial charge in [-0.25, -0.2) is 9.59 Å². The van der Waals surface area contributed by atoms with Crippen molar-refractivity contribution < 1.29 is 28.6 Å². The number of ether oxygens (including phenoxy) is 3. The van der Waals surface area contributed by atoms with E-state index in [0.29, 0.717) is 5.56 Å². The molecule has 0 unspecified atom stereocenters. The van der Waals surface area contributed by atoms with Gasteiger partial charge in [-0.05, 0) is 32.9 Å². The second-order valence-corrected chi connectivity index (χ2v) is 6.26. The maximum atomic E-state index is 12.8. The van der Waals surface area contributed by atoms with Crippen molar-refractivity contribution in [3.8, 4) is 0 Å². The van der Waals surface area contributed by atoms with Crippen LogP contribution >= 0.6 is 0 Å². The SMILES string of the molecule is CCOC(=O)O[C@@H]1CC(C)=CC[C@@]1(NC(=O)c1ccccc1)C(=O)OCC. The summed E-state index contributed by atoms with van der Waals surface area (Å²) in [6, 6.07) is 8.52. The van der Waals surface area contributed by atoms with Crippen LogP contribution in [0.1, 0.15) is 44.0 Å². The van der Waals surface area contributed by atoms with E-state index in [9.17, 15) is 14.4 Å². The van der Waals surface area contributed by atoms with Crippen molar-refractivity contribution >= 4 is 18.0 Å². The molecular formula is C20H25NO6. The Kier molecular flexibility index (Phi) is 6.98. The van der Waals surface area contributed by atoms with Gasteiger partial charge in [0.05, 0.1) is 13.2 Å². The van der Waals surface area contributed by atoms with Gasteiger partial charge in [-0.15, -0.1) is 0 Å². The van der Waals surface area contributed by atoms with E-state index < -0.39 is 29.7 Å². The van der Waals surface area contributed by atoms with Crippen LogP contribution in [-0.2, 0) is 19.0 Å². The Bertz CT molecular complexity index is 714. The van der Waals surface area contributed by atoms with Crippen molar-refractivity contribution in [2.24, 2.45) is 0 Å². The normalized spacial score (nSPS) is 21.6. The van der Waals surface area contributed by atoms with Gasteiger partial charge in [-0.3, -0.25) is 4.79 Å². The van der Waals surface area contributed by atoms with Crippen LogP contribution in [0.4, 0.5) is 4.79 Å². The standard InChI is InChI=1S/C20H25NO6/c1-4-25-18(23)20(21-17(22)15-9-7-6-8-10-15)12-11-14(3)13-16(20)27-19(24)26-5-2/h6-11,16H,4-5,12-13H2,1-3H3,(H,21,22)/t16-,20+/m1/s1. The van der Waals surface area contributed by atoms with Gasteiger partial charge >= 0.3 is 12.1 Å². The van der Waals surface area contributed by atoms with Gasteiger partial charge in [0, 0.05) is 18.4 Å². The average Bonchev–Trinajstić information content (AvgIpc) is 2.65. The smallest absolute Gasteiger partial charge is 0.464 e. The Labute approximate surface area is 158 Å². The topological polar surface area (TPSA) is 90.9 Å². The molecule has 0 bridgehead atoms. The van der Waals surface area contributed by atoms with E-state index in [0.717, 1.165) is 5.57 Å². The Morgan fingerprint density at radius 3 is 2.41 bits per heavy atom. The molecule has 1 aromatic carbocycles. The predicted octanol–water partition coefficient (Wildman–Crippen LogP) is 3.00. The predicted molar refractivity (Wildman–Crippen MR) is 98.2 cm³/mol. The minimum Gasteiger partial charge on any atom is -0.464 e. The number of nitrogens with one attached hydrogen (secondary N) is 1. The lowest BCUT2D eigenvalue weighted by Crippen LogP contribution is -2.64. The molecule has 0 aliphatic heterocycles. The highest BCUT2D eigenvalue weighted by Gasteiger charge is 2.52. The van der Waals surface area contributed by atoms with E-state index in [1.54, 1.807) is 44.2 Å². The summed E-state index contributed by atoms with van der Waals surface area (Å²) in [4.78, 5) is 37.5. The van der Waals surface area contributed by atoms with Gasteiger partial charge in [-0.1, -0.05) is 29.8 Å². The van der Waals surface area contributed by atoms with Crippen molar-refractivity contribution in [1.29, 1.82) is 0 Å². The molecule has 1 aliphatic rings. The van der Waals surface area contributed by atoms with E-state index in [1.807, 2.05) is 13.0 Å². The van der Waals surface area contributed by atoms with Crippen LogP contribution in [0.25, 0.3) is 0 Å². The molecule has 2 rings (SSSR count). The molecule has 0 saturated heterocycles. The first-order chi connectivity index (χ1) is 12.9. The zero-order valence-corrected chi connectivity index (χ0v) is 15.8. The van der Waals surface area contributed by atoms with Gasteiger partial charge in [0.15, 0.2) is 5.54 Å². The fraction of sp³-hybridized carbons (Fsp3) is 0.450. The number of hydrogen-bond acceptors (Lipinski definition) is 6. The van der Waals surface area contributed by atoms with Crippen LogP contribution in [0.15, 0.2) is 42.0 Å². The molecule has 0 aromatic heterocycles. The van der Waals surface area contributed by atoms with E-state index in [2.05, 4.69) is 5.32 Å². The summed E-state index contributed by atoms with van der Waals surface area (Å²) in [7, 11) is 0. The lowest BCUT2D eigenvalue weighted by molar-refractivity contribution is -0.157. The number of amides is 1. The van der Waals surface area contributed by atoms with Crippen molar-refractivity contribution in [1.82, 2.24) is 5.32 Å². The summed E-state index contributed by atoms with van der Waals surface area (Å²) in [5, 5.41) is 2.76. The van der Waals surface area contributed by atoms with E-state index >= 15 is 0 Å². The third-order valence-electron chi connectivity index (χ3n) is 4.34. The number of carbonyl (C=O) groups excluding carboxylic acids is 3. The van der Waals surface area contributed by atoms with Crippen molar-refractivity contribution in [2.45, 2.75) is 45.3 Å². The first kappa shape index (κ1) is 20.5. The van der Waals surface area contributed by atoms with E-state index in [-0.39, 0.29) is 26.1 Å². The first-order valence-electron chi connectivity index (χ1n) is 8.96. The second-order valence-electron chi connectivity index (χ2n) is 6.26. The Balaban J connectivity index is 2.38. The number of benzene rings is 1. The Morgan fingerprint density at radius 2 is 1.78 bits per heavy atom. The van der Waals surface area contributed by atoms with Crippen molar-refractivity contribution in [3.63, 3.8) is 0 Å². The summed E-state index contributed by atoms with van der Waals surface area (Å²) in [5.41, 5.74) is -0.185. The van der Waals surface area contributed by atoms with Crippen LogP contribution in [0.3, 0.4) is 0 Å². The Morgan fingerprint density at radius 1 is 1.11 bits per heavy atom. The average molecular weight is 375 g/mol. The fourth-order valence-corrected chi connectivity index (χ4v) is 2.95. The molecule has 27 heavy (non-hydrogen) atoms. The molecule has 0 spiro atoms. The quantitative estimate of drug-likeness (QED) is 0.607. The molecule has 0 heterocycles. The molecular weight excluding hydrogens is 350 g/mol. The van der Waals surface area contributed by atoms with Crippen LogP contribution in [0.5, 0.6) is 0 Å². The van der Waals surface area contributed by atoms with Crippen LogP contribution in [0.2, 0.25) is 0 Å². The molecule has 1 N–H and O–H groups in total. The van der Waals surface area contributed by atoms with Crippen molar-refractivity contribution in [3.05, 3.63) is 47.5 Å². The van der Waals surface area contributed by atoms with Gasteiger partial charge < -0.3 is 19.5 Å². The van der Waals surface area contributed by atoms with Crippen LogP contribution < -0.4 is 5.32 Å². The van der Waals surface area contributed by atoms with E-state index in [1.165, 1.54) is 0 Å². The summed E-state index contributed by atoms with van der Waals surface area (Å²) >= 11 is 0. The molecule has 146 valence electrons. The molecule has 1 amide bonds. The summed E-state index contributed by atoms with van der Waals surface area (Å²) in [6.07, 6.45) is 0.452. The van der Waals surface area contributed by atoms with E-state index in [4.69, 9.17) is 14.2 Å². The lowest BCUT2D eigenvalue weighted by Gasteiger charge is -2.40. The first-order valence-corrected chi connectivity index (χ1v) is 8.96. The number of carbonyl (C=O) groups is 3. The highest BCUT2D eigenvalue weighted by atomic mass is 16.7. The minimum atomic E-state index is -1.52. The summed E-state index contributed by atoms with van der Waals surface area (Å²) in [6.45, 7) is 5.48. The molecule has 1 aromatic rings. The largest absolute Gasteiger partial charge is 0.508 e. The van der Waals surface area contributed by atoms with Gasteiger partial charge in [-0.2, -0.15) is 0 Å². The van der Waals surface area contributed by atoms with Gasteiger partial charge in [0.2, 0.25) is 0 Å². The Hall–Kier alpha value is -2.83. The second kappa shape index (κ2) is 9.21. The number of esters is 1. The molecule has 2 atom stereocenters.